The summed E-state index contributed by atoms with van der Waals surface area (Å²) in [5.74, 6) is 1.48. The van der Waals surface area contributed by atoms with Gasteiger partial charge in [0.05, 0.1) is 12.0 Å². The molecular weight excluding hydrogens is 214 g/mol. The molecule has 0 bridgehead atoms. The van der Waals surface area contributed by atoms with Crippen molar-refractivity contribution in [2.24, 2.45) is 0 Å². The number of benzene rings is 1. The van der Waals surface area contributed by atoms with Crippen LogP contribution in [0, 0.1) is 0 Å². The Labute approximate surface area is 100 Å². The first-order valence-electron chi connectivity index (χ1n) is 5.88. The Balaban J connectivity index is 1.92. The van der Waals surface area contributed by atoms with Gasteiger partial charge in [0.25, 0.3) is 0 Å². The molecule has 0 spiro atoms. The number of hydrogen-bond donors (Lipinski definition) is 1. The summed E-state index contributed by atoms with van der Waals surface area (Å²) in [4.78, 5) is 4.47. The Hall–Kier alpha value is -1.68. The first-order valence-corrected chi connectivity index (χ1v) is 5.88. The summed E-state index contributed by atoms with van der Waals surface area (Å²) < 4.78 is 5.23. The number of aromatic nitrogens is 2. The van der Waals surface area contributed by atoms with Crippen molar-refractivity contribution in [1.82, 2.24) is 15.5 Å². The highest BCUT2D eigenvalue weighted by Crippen LogP contribution is 2.52. The van der Waals surface area contributed by atoms with Gasteiger partial charge in [0, 0.05) is 0 Å². The van der Waals surface area contributed by atoms with Gasteiger partial charge in [-0.3, -0.25) is 0 Å². The van der Waals surface area contributed by atoms with Gasteiger partial charge in [-0.2, -0.15) is 4.98 Å². The van der Waals surface area contributed by atoms with E-state index in [0.717, 1.165) is 18.7 Å². The molecule has 1 aromatic carbocycles. The van der Waals surface area contributed by atoms with E-state index in [-0.39, 0.29) is 5.41 Å². The van der Waals surface area contributed by atoms with Crippen molar-refractivity contribution in [3.8, 4) is 0 Å². The molecule has 1 N–H and O–H groups in total. The zero-order valence-electron chi connectivity index (χ0n) is 9.81. The Morgan fingerprint density at radius 2 is 2.06 bits per heavy atom. The highest BCUT2D eigenvalue weighted by atomic mass is 16.5. The molecule has 0 atom stereocenters. The predicted molar refractivity (Wildman–Crippen MR) is 63.5 cm³/mol. The molecule has 17 heavy (non-hydrogen) atoms. The summed E-state index contributed by atoms with van der Waals surface area (Å²) in [7, 11) is 1.87. The molecule has 1 fully saturated rings. The molecule has 1 aliphatic carbocycles. The van der Waals surface area contributed by atoms with E-state index in [2.05, 4.69) is 39.7 Å². The minimum Gasteiger partial charge on any atom is -0.338 e. The quantitative estimate of drug-likeness (QED) is 0.869. The summed E-state index contributed by atoms with van der Waals surface area (Å²) in [6.45, 7) is 0.623. The average Bonchev–Trinajstić information content (AvgIpc) is 3.06. The molecule has 0 aliphatic heterocycles. The third-order valence-electron chi connectivity index (χ3n) is 3.30. The third kappa shape index (κ3) is 1.74. The highest BCUT2D eigenvalue weighted by molar-refractivity contribution is 5.38. The lowest BCUT2D eigenvalue weighted by atomic mass is 9.95. The minimum atomic E-state index is 0.0107. The maximum absolute atomic E-state index is 5.23. The third-order valence-corrected chi connectivity index (χ3v) is 3.30. The summed E-state index contributed by atoms with van der Waals surface area (Å²) in [6.07, 6.45) is 2.21. The van der Waals surface area contributed by atoms with E-state index in [4.69, 9.17) is 4.52 Å². The fourth-order valence-electron chi connectivity index (χ4n) is 2.20. The van der Waals surface area contributed by atoms with Gasteiger partial charge in [0.15, 0.2) is 5.82 Å². The lowest BCUT2D eigenvalue weighted by Crippen LogP contribution is -2.11. The first-order chi connectivity index (χ1) is 8.35. The Morgan fingerprint density at radius 3 is 2.71 bits per heavy atom. The van der Waals surface area contributed by atoms with Crippen molar-refractivity contribution in [3.05, 3.63) is 47.6 Å². The standard InChI is InChI=1S/C13H15N3O/c1-14-9-11-15-12(16-17-11)13(7-8-13)10-5-3-2-4-6-10/h2-6,14H,7-9H2,1H3. The van der Waals surface area contributed by atoms with Crippen LogP contribution in [-0.2, 0) is 12.0 Å². The van der Waals surface area contributed by atoms with Crippen molar-refractivity contribution in [3.63, 3.8) is 0 Å². The second-order valence-corrected chi connectivity index (χ2v) is 4.49. The average molecular weight is 229 g/mol. The van der Waals surface area contributed by atoms with Crippen molar-refractivity contribution in [2.75, 3.05) is 7.05 Å². The van der Waals surface area contributed by atoms with E-state index in [1.54, 1.807) is 0 Å². The molecule has 3 rings (SSSR count). The van der Waals surface area contributed by atoms with Crippen LogP contribution in [0.2, 0.25) is 0 Å². The van der Waals surface area contributed by atoms with Gasteiger partial charge in [0.2, 0.25) is 5.89 Å². The van der Waals surface area contributed by atoms with Gasteiger partial charge in [-0.1, -0.05) is 35.5 Å². The lowest BCUT2D eigenvalue weighted by Gasteiger charge is -2.09. The topological polar surface area (TPSA) is 51.0 Å². The Morgan fingerprint density at radius 1 is 1.29 bits per heavy atom. The van der Waals surface area contributed by atoms with E-state index < -0.39 is 0 Å². The van der Waals surface area contributed by atoms with Gasteiger partial charge in [-0.25, -0.2) is 0 Å². The van der Waals surface area contributed by atoms with Crippen LogP contribution in [0.4, 0.5) is 0 Å². The zero-order chi connectivity index (χ0) is 11.7. The molecule has 0 saturated heterocycles. The van der Waals surface area contributed by atoms with Gasteiger partial charge in [-0.05, 0) is 25.5 Å². The molecule has 1 aromatic heterocycles. The molecule has 1 aliphatic rings. The summed E-state index contributed by atoms with van der Waals surface area (Å²) in [6, 6.07) is 10.4. The molecule has 2 aromatic rings. The van der Waals surface area contributed by atoms with Crippen LogP contribution < -0.4 is 5.32 Å². The van der Waals surface area contributed by atoms with E-state index in [0.29, 0.717) is 12.4 Å². The van der Waals surface area contributed by atoms with Crippen molar-refractivity contribution in [2.45, 2.75) is 24.8 Å². The molecule has 1 heterocycles. The summed E-state index contributed by atoms with van der Waals surface area (Å²) >= 11 is 0. The van der Waals surface area contributed by atoms with Crippen molar-refractivity contribution in [1.29, 1.82) is 0 Å². The number of nitrogens with one attached hydrogen (secondary N) is 1. The van der Waals surface area contributed by atoms with E-state index in [9.17, 15) is 0 Å². The van der Waals surface area contributed by atoms with Gasteiger partial charge in [0.1, 0.15) is 0 Å². The number of rotatable bonds is 4. The fourth-order valence-corrected chi connectivity index (χ4v) is 2.20. The number of hydrogen-bond acceptors (Lipinski definition) is 4. The zero-order valence-corrected chi connectivity index (χ0v) is 9.81. The van der Waals surface area contributed by atoms with Crippen molar-refractivity contribution >= 4 is 0 Å². The maximum Gasteiger partial charge on any atom is 0.240 e. The van der Waals surface area contributed by atoms with Crippen LogP contribution in [-0.4, -0.2) is 17.2 Å². The van der Waals surface area contributed by atoms with Gasteiger partial charge in [-0.15, -0.1) is 0 Å². The minimum absolute atomic E-state index is 0.0107. The number of nitrogens with zero attached hydrogens (tertiary/aromatic N) is 2. The lowest BCUT2D eigenvalue weighted by molar-refractivity contribution is 0.364. The van der Waals surface area contributed by atoms with Crippen molar-refractivity contribution < 1.29 is 4.52 Å². The largest absolute Gasteiger partial charge is 0.338 e. The van der Waals surface area contributed by atoms with Crippen LogP contribution >= 0.6 is 0 Å². The summed E-state index contributed by atoms with van der Waals surface area (Å²) in [5, 5.41) is 7.13. The van der Waals surface area contributed by atoms with Crippen LogP contribution in [0.1, 0.15) is 30.1 Å². The fraction of sp³-hybridized carbons (Fsp3) is 0.385. The second kappa shape index (κ2) is 3.96. The monoisotopic (exact) mass is 229 g/mol. The SMILES string of the molecule is CNCc1nc(C2(c3ccccc3)CC2)no1. The molecule has 4 nitrogen and oxygen atoms in total. The first kappa shape index (κ1) is 10.5. The van der Waals surface area contributed by atoms with Crippen LogP contribution in [0.5, 0.6) is 0 Å². The van der Waals surface area contributed by atoms with E-state index >= 15 is 0 Å². The highest BCUT2D eigenvalue weighted by Gasteiger charge is 2.49. The van der Waals surface area contributed by atoms with Crippen LogP contribution in [0.25, 0.3) is 0 Å². The van der Waals surface area contributed by atoms with Crippen LogP contribution in [0.15, 0.2) is 34.9 Å². The molecule has 88 valence electrons. The van der Waals surface area contributed by atoms with E-state index in [1.807, 2.05) is 13.1 Å². The smallest absolute Gasteiger partial charge is 0.240 e. The summed E-state index contributed by atoms with van der Waals surface area (Å²) in [5.41, 5.74) is 1.30. The Bertz CT molecular complexity index is 502. The molecular formula is C13H15N3O. The molecule has 1 saturated carbocycles. The molecule has 0 radical (unpaired) electrons. The molecule has 0 amide bonds. The Kier molecular flexibility index (Phi) is 2.44. The van der Waals surface area contributed by atoms with Crippen LogP contribution in [0.3, 0.4) is 0 Å². The second-order valence-electron chi connectivity index (χ2n) is 4.49. The van der Waals surface area contributed by atoms with E-state index in [1.165, 1.54) is 5.56 Å². The predicted octanol–water partition coefficient (Wildman–Crippen LogP) is 1.87. The molecule has 0 unspecified atom stereocenters. The maximum atomic E-state index is 5.23. The molecule has 4 heteroatoms. The van der Waals surface area contributed by atoms with Gasteiger partial charge >= 0.3 is 0 Å². The van der Waals surface area contributed by atoms with Gasteiger partial charge < -0.3 is 9.84 Å². The normalized spacial score (nSPS) is 17.0.